The zero-order valence-corrected chi connectivity index (χ0v) is 20.3. The number of nitrogens with one attached hydrogen (secondary N) is 2. The number of hydrogen-bond donors (Lipinski definition) is 2. The summed E-state index contributed by atoms with van der Waals surface area (Å²) in [4.78, 5) is 22.9. The second kappa shape index (κ2) is 10.9. The van der Waals surface area contributed by atoms with Gasteiger partial charge in [-0.05, 0) is 38.4 Å². The predicted octanol–water partition coefficient (Wildman–Crippen LogP) is 4.35. The Morgan fingerprint density at radius 3 is 2.67 bits per heavy atom. The van der Waals surface area contributed by atoms with Crippen LogP contribution in [0.5, 0.6) is 11.5 Å². The van der Waals surface area contributed by atoms with Gasteiger partial charge in [-0.3, -0.25) is 9.20 Å². The standard InChI is InChI=1S/C26H27FN6O3/c1-5-25(34)31-20-12-19(22(35-4)14-23(20)36-10-9-32(2)3)30-24-13-21-26(29-16-33(21)15-28-24)17-7-6-8-18(27)11-17/h5-8,11-16,30H,1,9-10H2,2-4H3,(H,31,34). The number of fused-ring (bicyclic) bond motifs is 1. The first kappa shape index (κ1) is 24.7. The fraction of sp³-hybridized carbons (Fsp3) is 0.192. The van der Waals surface area contributed by atoms with E-state index < -0.39 is 0 Å². The van der Waals surface area contributed by atoms with Crippen molar-refractivity contribution in [3.63, 3.8) is 0 Å². The van der Waals surface area contributed by atoms with Crippen LogP contribution < -0.4 is 20.1 Å². The number of amides is 1. The van der Waals surface area contributed by atoms with E-state index in [1.165, 1.54) is 18.2 Å². The summed E-state index contributed by atoms with van der Waals surface area (Å²) >= 11 is 0. The lowest BCUT2D eigenvalue weighted by molar-refractivity contribution is -0.111. The Morgan fingerprint density at radius 1 is 1.14 bits per heavy atom. The van der Waals surface area contributed by atoms with Crippen LogP contribution in [0.2, 0.25) is 0 Å². The zero-order chi connectivity index (χ0) is 25.7. The Kier molecular flexibility index (Phi) is 7.45. The molecule has 0 spiro atoms. The Morgan fingerprint density at radius 2 is 1.94 bits per heavy atom. The number of nitrogens with zero attached hydrogens (tertiary/aromatic N) is 4. The first-order valence-corrected chi connectivity index (χ1v) is 11.2. The van der Waals surface area contributed by atoms with Gasteiger partial charge < -0.3 is 25.0 Å². The van der Waals surface area contributed by atoms with Gasteiger partial charge in [0, 0.05) is 24.2 Å². The van der Waals surface area contributed by atoms with Crippen LogP contribution in [0, 0.1) is 5.82 Å². The molecular formula is C26H27FN6O3. The van der Waals surface area contributed by atoms with Crippen molar-refractivity contribution in [3.05, 3.63) is 73.6 Å². The number of likely N-dealkylation sites (N-methyl/N-ethyl adjacent to an activating group) is 1. The molecule has 4 rings (SSSR count). The summed E-state index contributed by atoms with van der Waals surface area (Å²) in [5.74, 6) is 0.741. The van der Waals surface area contributed by atoms with E-state index in [-0.39, 0.29) is 11.7 Å². The van der Waals surface area contributed by atoms with Crippen LogP contribution in [0.4, 0.5) is 21.6 Å². The lowest BCUT2D eigenvalue weighted by atomic mass is 10.1. The van der Waals surface area contributed by atoms with Gasteiger partial charge in [0.2, 0.25) is 5.91 Å². The van der Waals surface area contributed by atoms with Gasteiger partial charge in [-0.15, -0.1) is 0 Å². The number of carbonyl (C=O) groups is 1. The molecule has 2 aromatic carbocycles. The highest BCUT2D eigenvalue weighted by atomic mass is 19.1. The van der Waals surface area contributed by atoms with E-state index >= 15 is 0 Å². The number of imidazole rings is 1. The minimum Gasteiger partial charge on any atom is -0.494 e. The molecule has 2 N–H and O–H groups in total. The van der Waals surface area contributed by atoms with Crippen molar-refractivity contribution >= 4 is 28.6 Å². The van der Waals surface area contributed by atoms with Crippen molar-refractivity contribution < 1.29 is 18.7 Å². The van der Waals surface area contributed by atoms with Crippen molar-refractivity contribution in [2.45, 2.75) is 0 Å². The Bertz CT molecular complexity index is 1400. The van der Waals surface area contributed by atoms with Crippen LogP contribution in [0.3, 0.4) is 0 Å². The zero-order valence-electron chi connectivity index (χ0n) is 20.3. The average Bonchev–Trinajstić information content (AvgIpc) is 3.28. The van der Waals surface area contributed by atoms with Gasteiger partial charge >= 0.3 is 0 Å². The van der Waals surface area contributed by atoms with Crippen molar-refractivity contribution in [1.82, 2.24) is 19.3 Å². The largest absolute Gasteiger partial charge is 0.494 e. The summed E-state index contributed by atoms with van der Waals surface area (Å²) in [7, 11) is 5.44. The average molecular weight is 491 g/mol. The van der Waals surface area contributed by atoms with Gasteiger partial charge in [-0.2, -0.15) is 0 Å². The topological polar surface area (TPSA) is 93.0 Å². The second-order valence-corrected chi connectivity index (χ2v) is 8.19. The smallest absolute Gasteiger partial charge is 0.247 e. The van der Waals surface area contributed by atoms with E-state index in [9.17, 15) is 9.18 Å². The Labute approximate surface area is 208 Å². The summed E-state index contributed by atoms with van der Waals surface area (Å²) in [6.45, 7) is 4.63. The van der Waals surface area contributed by atoms with Crippen molar-refractivity contribution in [2.75, 3.05) is 45.0 Å². The van der Waals surface area contributed by atoms with E-state index in [4.69, 9.17) is 9.47 Å². The molecule has 0 aliphatic carbocycles. The monoisotopic (exact) mass is 490 g/mol. The predicted molar refractivity (Wildman–Crippen MR) is 138 cm³/mol. The molecule has 1 amide bonds. The van der Waals surface area contributed by atoms with E-state index in [1.807, 2.05) is 19.0 Å². The third-order valence-electron chi connectivity index (χ3n) is 5.33. The van der Waals surface area contributed by atoms with Gasteiger partial charge in [0.1, 0.15) is 42.4 Å². The Balaban J connectivity index is 1.69. The number of hydrogen-bond acceptors (Lipinski definition) is 7. The molecule has 0 fully saturated rings. The van der Waals surface area contributed by atoms with E-state index in [1.54, 1.807) is 54.5 Å². The summed E-state index contributed by atoms with van der Waals surface area (Å²) in [5.41, 5.74) is 3.02. The van der Waals surface area contributed by atoms with Crippen LogP contribution in [0.15, 0.2) is 67.8 Å². The fourth-order valence-corrected chi connectivity index (χ4v) is 3.53. The molecule has 36 heavy (non-hydrogen) atoms. The van der Waals surface area contributed by atoms with E-state index in [0.29, 0.717) is 53.1 Å². The van der Waals surface area contributed by atoms with E-state index in [2.05, 4.69) is 27.2 Å². The number of ether oxygens (including phenoxy) is 2. The molecule has 2 aromatic heterocycles. The summed E-state index contributed by atoms with van der Waals surface area (Å²) in [6.07, 6.45) is 4.42. The highest BCUT2D eigenvalue weighted by Crippen LogP contribution is 2.38. The van der Waals surface area contributed by atoms with Crippen LogP contribution in [-0.4, -0.2) is 59.5 Å². The molecule has 186 valence electrons. The molecular weight excluding hydrogens is 463 g/mol. The quantitative estimate of drug-likeness (QED) is 0.319. The minimum atomic E-state index is -0.373. The summed E-state index contributed by atoms with van der Waals surface area (Å²) in [5, 5.41) is 6.01. The SMILES string of the molecule is C=CC(=O)Nc1cc(Nc2cc3c(-c4cccc(F)c4)ncn3cn2)c(OC)cc1OCCN(C)C. The number of aromatic nitrogens is 3. The third kappa shape index (κ3) is 5.61. The maximum atomic E-state index is 13.8. The normalized spacial score (nSPS) is 10.9. The third-order valence-corrected chi connectivity index (χ3v) is 5.33. The molecule has 0 saturated carbocycles. The number of halogens is 1. The van der Waals surface area contributed by atoms with Gasteiger partial charge in [-0.25, -0.2) is 14.4 Å². The Hall–Kier alpha value is -4.44. The summed E-state index contributed by atoms with van der Waals surface area (Å²) in [6, 6.07) is 11.5. The second-order valence-electron chi connectivity index (χ2n) is 8.19. The molecule has 10 heteroatoms. The molecule has 0 radical (unpaired) electrons. The first-order chi connectivity index (χ1) is 17.4. The molecule has 2 heterocycles. The number of rotatable bonds is 10. The van der Waals surface area contributed by atoms with Gasteiger partial charge in [0.05, 0.1) is 29.7 Å². The number of methoxy groups -OCH3 is 1. The summed E-state index contributed by atoms with van der Waals surface area (Å²) < 4.78 is 27.0. The number of carbonyl (C=O) groups excluding carboxylic acids is 1. The molecule has 0 aliphatic heterocycles. The molecule has 0 aliphatic rings. The van der Waals surface area contributed by atoms with Crippen molar-refractivity contribution in [2.24, 2.45) is 0 Å². The fourth-order valence-electron chi connectivity index (χ4n) is 3.53. The van der Waals surface area contributed by atoms with Crippen molar-refractivity contribution in [1.29, 1.82) is 0 Å². The molecule has 0 saturated heterocycles. The van der Waals surface area contributed by atoms with Crippen LogP contribution in [0.1, 0.15) is 0 Å². The molecule has 4 aromatic rings. The van der Waals surface area contributed by atoms with E-state index in [0.717, 1.165) is 5.52 Å². The van der Waals surface area contributed by atoms with Gasteiger partial charge in [-0.1, -0.05) is 18.7 Å². The van der Waals surface area contributed by atoms with Crippen LogP contribution in [0.25, 0.3) is 16.8 Å². The van der Waals surface area contributed by atoms with Gasteiger partial charge in [0.15, 0.2) is 0 Å². The minimum absolute atomic E-state index is 0.340. The lowest BCUT2D eigenvalue weighted by Gasteiger charge is -2.18. The van der Waals surface area contributed by atoms with Crippen molar-refractivity contribution in [3.8, 4) is 22.8 Å². The molecule has 0 atom stereocenters. The number of benzene rings is 2. The number of anilines is 3. The van der Waals surface area contributed by atoms with Crippen LogP contribution in [-0.2, 0) is 4.79 Å². The highest BCUT2D eigenvalue weighted by molar-refractivity contribution is 6.00. The molecule has 0 unspecified atom stereocenters. The van der Waals surface area contributed by atoms with Gasteiger partial charge in [0.25, 0.3) is 0 Å². The first-order valence-electron chi connectivity index (χ1n) is 11.2. The lowest BCUT2D eigenvalue weighted by Crippen LogP contribution is -2.20. The maximum Gasteiger partial charge on any atom is 0.247 e. The van der Waals surface area contributed by atoms with Crippen LogP contribution >= 0.6 is 0 Å². The molecule has 0 bridgehead atoms. The maximum absolute atomic E-state index is 13.8. The highest BCUT2D eigenvalue weighted by Gasteiger charge is 2.16. The molecule has 9 nitrogen and oxygen atoms in total.